The SMILES string of the molecule is Cc1cc(Br)ccc1-n1cc(C2(O)CCCN(C(=O)Cc3ccc4c(c3)OCCO4)CC2)nn1. The summed E-state index contributed by atoms with van der Waals surface area (Å²) in [5.74, 6) is 1.44. The third kappa shape index (κ3) is 4.67. The van der Waals surface area contributed by atoms with Gasteiger partial charge in [0.05, 0.1) is 18.3 Å². The summed E-state index contributed by atoms with van der Waals surface area (Å²) in [4.78, 5) is 14.9. The molecule has 178 valence electrons. The predicted octanol–water partition coefficient (Wildman–Crippen LogP) is 3.55. The molecule has 2 aliphatic rings. The molecule has 3 aromatic rings. The number of hydrogen-bond donors (Lipinski definition) is 1. The van der Waals surface area contributed by atoms with E-state index in [1.165, 1.54) is 0 Å². The number of ether oxygens (including phenoxy) is 2. The Morgan fingerprint density at radius 1 is 1.12 bits per heavy atom. The molecular weight excluding hydrogens is 500 g/mol. The van der Waals surface area contributed by atoms with Gasteiger partial charge in [-0.25, -0.2) is 4.68 Å². The van der Waals surface area contributed by atoms with Crippen LogP contribution in [-0.4, -0.2) is 57.2 Å². The first-order chi connectivity index (χ1) is 16.4. The molecule has 1 amide bonds. The van der Waals surface area contributed by atoms with Crippen LogP contribution < -0.4 is 9.47 Å². The molecule has 0 bridgehead atoms. The summed E-state index contributed by atoms with van der Waals surface area (Å²) >= 11 is 3.48. The summed E-state index contributed by atoms with van der Waals surface area (Å²) in [5.41, 5.74) is 2.27. The Balaban J connectivity index is 1.26. The summed E-state index contributed by atoms with van der Waals surface area (Å²) in [6, 6.07) is 11.6. The van der Waals surface area contributed by atoms with Gasteiger partial charge < -0.3 is 19.5 Å². The maximum atomic E-state index is 13.0. The molecule has 34 heavy (non-hydrogen) atoms. The first-order valence-electron chi connectivity index (χ1n) is 11.5. The number of aryl methyl sites for hydroxylation is 1. The standard InChI is InChI=1S/C25H27BrN4O4/c1-17-13-19(26)4-5-20(17)30-16-23(27-28-30)25(32)7-2-9-29(10-8-25)24(31)15-18-3-6-21-22(14-18)34-12-11-33-21/h3-6,13-14,16,32H,2,7-12,15H2,1H3. The van der Waals surface area contributed by atoms with Crippen LogP contribution in [0.15, 0.2) is 47.1 Å². The lowest BCUT2D eigenvalue weighted by atomic mass is 9.92. The molecule has 8 nitrogen and oxygen atoms in total. The van der Waals surface area contributed by atoms with Gasteiger partial charge in [-0.3, -0.25) is 4.79 Å². The summed E-state index contributed by atoms with van der Waals surface area (Å²) in [5, 5.41) is 20.0. The van der Waals surface area contributed by atoms with Gasteiger partial charge in [-0.2, -0.15) is 0 Å². The van der Waals surface area contributed by atoms with Gasteiger partial charge in [0.15, 0.2) is 11.5 Å². The van der Waals surface area contributed by atoms with E-state index in [0.717, 1.165) is 21.3 Å². The van der Waals surface area contributed by atoms with Crippen molar-refractivity contribution in [2.75, 3.05) is 26.3 Å². The zero-order chi connectivity index (χ0) is 23.7. The van der Waals surface area contributed by atoms with E-state index in [-0.39, 0.29) is 12.3 Å². The minimum Gasteiger partial charge on any atom is -0.486 e. The molecule has 1 unspecified atom stereocenters. The second kappa shape index (κ2) is 9.38. The molecule has 1 atom stereocenters. The fourth-order valence-corrected chi connectivity index (χ4v) is 5.06. The third-order valence-electron chi connectivity index (χ3n) is 6.50. The van der Waals surface area contributed by atoms with Gasteiger partial charge in [0.1, 0.15) is 24.5 Å². The number of fused-ring (bicyclic) bond motifs is 1. The van der Waals surface area contributed by atoms with E-state index >= 15 is 0 Å². The van der Waals surface area contributed by atoms with Crippen molar-refractivity contribution in [3.63, 3.8) is 0 Å². The fourth-order valence-electron chi connectivity index (χ4n) is 4.58. The number of amides is 1. The highest BCUT2D eigenvalue weighted by Gasteiger charge is 2.36. The van der Waals surface area contributed by atoms with Crippen LogP contribution in [0.5, 0.6) is 11.5 Å². The van der Waals surface area contributed by atoms with Gasteiger partial charge in [0.25, 0.3) is 0 Å². The van der Waals surface area contributed by atoms with Crippen LogP contribution in [0.25, 0.3) is 5.69 Å². The van der Waals surface area contributed by atoms with Crippen molar-refractivity contribution < 1.29 is 19.4 Å². The molecule has 1 saturated heterocycles. The average molecular weight is 527 g/mol. The molecule has 2 aromatic carbocycles. The van der Waals surface area contributed by atoms with Crippen LogP contribution in [0, 0.1) is 6.92 Å². The number of likely N-dealkylation sites (tertiary alicyclic amines) is 1. The van der Waals surface area contributed by atoms with Crippen molar-refractivity contribution in [2.24, 2.45) is 0 Å². The highest BCUT2D eigenvalue weighted by atomic mass is 79.9. The number of carbonyl (C=O) groups excluding carboxylic acids is 1. The van der Waals surface area contributed by atoms with Crippen molar-refractivity contribution >= 4 is 21.8 Å². The number of nitrogens with zero attached hydrogens (tertiary/aromatic N) is 4. The highest BCUT2D eigenvalue weighted by molar-refractivity contribution is 9.10. The Morgan fingerprint density at radius 2 is 1.94 bits per heavy atom. The molecule has 3 heterocycles. The molecule has 2 aliphatic heterocycles. The Morgan fingerprint density at radius 3 is 2.76 bits per heavy atom. The molecule has 1 aromatic heterocycles. The normalized spacial score (nSPS) is 20.1. The first-order valence-corrected chi connectivity index (χ1v) is 12.3. The number of carbonyl (C=O) groups is 1. The lowest BCUT2D eigenvalue weighted by Crippen LogP contribution is -2.34. The van der Waals surface area contributed by atoms with Gasteiger partial charge in [0.2, 0.25) is 5.91 Å². The predicted molar refractivity (Wildman–Crippen MR) is 129 cm³/mol. The Labute approximate surface area is 206 Å². The Bertz CT molecular complexity index is 1210. The quantitative estimate of drug-likeness (QED) is 0.559. The number of aromatic nitrogens is 3. The zero-order valence-corrected chi connectivity index (χ0v) is 20.6. The number of rotatable bonds is 4. The molecule has 0 saturated carbocycles. The van der Waals surface area contributed by atoms with Crippen LogP contribution >= 0.6 is 15.9 Å². The fraction of sp³-hybridized carbons (Fsp3) is 0.400. The van der Waals surface area contributed by atoms with E-state index in [1.54, 1.807) is 10.9 Å². The smallest absolute Gasteiger partial charge is 0.226 e. The second-order valence-electron chi connectivity index (χ2n) is 8.90. The molecule has 0 spiro atoms. The summed E-state index contributed by atoms with van der Waals surface area (Å²) in [6.07, 6.45) is 3.71. The van der Waals surface area contributed by atoms with Crippen LogP contribution in [0.3, 0.4) is 0 Å². The van der Waals surface area contributed by atoms with Crippen LogP contribution in [0.4, 0.5) is 0 Å². The minimum absolute atomic E-state index is 0.0371. The lowest BCUT2D eigenvalue weighted by molar-refractivity contribution is -0.130. The summed E-state index contributed by atoms with van der Waals surface area (Å²) < 4.78 is 13.9. The first kappa shape index (κ1) is 22.9. The molecule has 0 aliphatic carbocycles. The van der Waals surface area contributed by atoms with E-state index in [4.69, 9.17) is 9.47 Å². The number of aliphatic hydroxyl groups is 1. The van der Waals surface area contributed by atoms with Gasteiger partial charge >= 0.3 is 0 Å². The third-order valence-corrected chi connectivity index (χ3v) is 7.00. The van der Waals surface area contributed by atoms with Crippen LogP contribution in [0.1, 0.15) is 36.1 Å². The lowest BCUT2D eigenvalue weighted by Gasteiger charge is -2.25. The van der Waals surface area contributed by atoms with Gasteiger partial charge in [-0.1, -0.05) is 27.2 Å². The summed E-state index contributed by atoms with van der Waals surface area (Å²) in [7, 11) is 0. The summed E-state index contributed by atoms with van der Waals surface area (Å²) in [6.45, 7) is 4.13. The topological polar surface area (TPSA) is 89.7 Å². The van der Waals surface area contributed by atoms with E-state index in [9.17, 15) is 9.90 Å². The van der Waals surface area contributed by atoms with Gasteiger partial charge in [-0.15, -0.1) is 5.10 Å². The average Bonchev–Trinajstić information content (AvgIpc) is 3.23. The number of hydrogen-bond acceptors (Lipinski definition) is 6. The van der Waals surface area contributed by atoms with Crippen molar-refractivity contribution in [3.05, 3.63) is 63.9 Å². The molecule has 1 N–H and O–H groups in total. The Hall–Kier alpha value is -2.91. The van der Waals surface area contributed by atoms with E-state index < -0.39 is 5.60 Å². The van der Waals surface area contributed by atoms with Crippen molar-refractivity contribution in [1.82, 2.24) is 19.9 Å². The van der Waals surface area contributed by atoms with Crippen LogP contribution in [-0.2, 0) is 16.8 Å². The van der Waals surface area contributed by atoms with Gasteiger partial charge in [-0.05, 0) is 67.6 Å². The maximum Gasteiger partial charge on any atom is 0.226 e. The second-order valence-corrected chi connectivity index (χ2v) is 9.82. The molecule has 5 rings (SSSR count). The molecular formula is C25H27BrN4O4. The zero-order valence-electron chi connectivity index (χ0n) is 19.0. The molecule has 1 fully saturated rings. The van der Waals surface area contributed by atoms with Crippen molar-refractivity contribution in [3.8, 4) is 17.2 Å². The van der Waals surface area contributed by atoms with Crippen LogP contribution in [0.2, 0.25) is 0 Å². The highest BCUT2D eigenvalue weighted by Crippen LogP contribution is 2.33. The van der Waals surface area contributed by atoms with Crippen molar-refractivity contribution in [1.29, 1.82) is 0 Å². The van der Waals surface area contributed by atoms with E-state index in [2.05, 4.69) is 26.2 Å². The minimum atomic E-state index is -1.12. The molecule has 9 heteroatoms. The Kier molecular flexibility index (Phi) is 6.31. The molecule has 0 radical (unpaired) electrons. The van der Waals surface area contributed by atoms with E-state index in [1.807, 2.05) is 48.2 Å². The largest absolute Gasteiger partial charge is 0.486 e. The van der Waals surface area contributed by atoms with Gasteiger partial charge in [0, 0.05) is 17.6 Å². The maximum absolute atomic E-state index is 13.0. The van der Waals surface area contributed by atoms with Crippen molar-refractivity contribution in [2.45, 2.75) is 38.2 Å². The van der Waals surface area contributed by atoms with E-state index in [0.29, 0.717) is 62.8 Å². The number of halogens is 1. The monoisotopic (exact) mass is 526 g/mol. The number of benzene rings is 2.